The minimum absolute atomic E-state index is 0.289. The molecule has 1 aliphatic carbocycles. The van der Waals surface area contributed by atoms with Gasteiger partial charge in [-0.05, 0) is 40.0 Å². The molecule has 2 fully saturated rings. The monoisotopic (exact) mass is 389 g/mol. The highest BCUT2D eigenvalue weighted by atomic mass is 32.2. The molecule has 9 heteroatoms. The third-order valence-corrected chi connectivity index (χ3v) is 5.54. The molecule has 1 heterocycles. The van der Waals surface area contributed by atoms with Crippen LogP contribution in [0.3, 0.4) is 0 Å². The van der Waals surface area contributed by atoms with Crippen molar-refractivity contribution in [2.45, 2.75) is 65.0 Å². The number of nitrogens with one attached hydrogen (secondary N) is 2. The number of amides is 2. The Labute approximate surface area is 156 Å². The third kappa shape index (κ3) is 5.44. The summed E-state index contributed by atoms with van der Waals surface area (Å²) in [7, 11) is -3.90. The molecule has 8 nitrogen and oxygen atoms in total. The lowest BCUT2D eigenvalue weighted by molar-refractivity contribution is -0.122. The molecule has 2 aliphatic rings. The van der Waals surface area contributed by atoms with Crippen molar-refractivity contribution in [3.63, 3.8) is 0 Å². The van der Waals surface area contributed by atoms with Gasteiger partial charge in [0.15, 0.2) is 0 Å². The number of rotatable bonds is 5. The number of ether oxygens (including phenoxy) is 1. The Balaban J connectivity index is 0.00000163. The highest BCUT2D eigenvalue weighted by Gasteiger charge is 2.61. The van der Waals surface area contributed by atoms with Crippen molar-refractivity contribution in [2.24, 2.45) is 5.92 Å². The molecule has 26 heavy (non-hydrogen) atoms. The minimum Gasteiger partial charge on any atom is -0.444 e. The quantitative estimate of drug-likeness (QED) is 0.699. The van der Waals surface area contributed by atoms with E-state index in [4.69, 9.17) is 4.74 Å². The molecule has 150 valence electrons. The van der Waals surface area contributed by atoms with Crippen molar-refractivity contribution >= 4 is 22.2 Å². The van der Waals surface area contributed by atoms with Crippen LogP contribution in [0.4, 0.5) is 4.79 Å². The van der Waals surface area contributed by atoms with Crippen LogP contribution in [-0.2, 0) is 19.7 Å². The summed E-state index contributed by atoms with van der Waals surface area (Å²) in [5.41, 5.74) is -2.04. The molecule has 0 bridgehead atoms. The van der Waals surface area contributed by atoms with Crippen molar-refractivity contribution in [3.05, 3.63) is 12.7 Å². The zero-order chi connectivity index (χ0) is 20.2. The first-order valence-corrected chi connectivity index (χ1v) is 10.4. The van der Waals surface area contributed by atoms with Gasteiger partial charge in [0.05, 0.1) is 0 Å². The fraction of sp³-hybridized carbons (Fsp3) is 0.765. The predicted molar refractivity (Wildman–Crippen MR) is 99.6 cm³/mol. The standard InChI is InChI=1S/C15H25N3O5S.C2H6/c1-5-11-10-15(11,16-13(20)23-14(2,3)4)12(19)17-24(21,22)18-8-6-7-9-18;1-2/h5,11H,1,6-10H2,2-4H3,(H,16,20)(H,17,19);1-2H3/t11-,15-;/m1./s1. The first-order chi connectivity index (χ1) is 12.0. The van der Waals surface area contributed by atoms with Gasteiger partial charge < -0.3 is 10.1 Å². The van der Waals surface area contributed by atoms with Gasteiger partial charge in [-0.15, -0.1) is 6.58 Å². The van der Waals surface area contributed by atoms with Crippen molar-refractivity contribution in [1.82, 2.24) is 14.3 Å². The summed E-state index contributed by atoms with van der Waals surface area (Å²) in [6.07, 6.45) is 2.59. The smallest absolute Gasteiger partial charge is 0.408 e. The Morgan fingerprint density at radius 2 is 1.77 bits per heavy atom. The molecule has 1 saturated carbocycles. The lowest BCUT2D eigenvalue weighted by Crippen LogP contribution is -2.54. The van der Waals surface area contributed by atoms with Gasteiger partial charge in [0.2, 0.25) is 0 Å². The molecule has 1 saturated heterocycles. The minimum atomic E-state index is -3.90. The summed E-state index contributed by atoms with van der Waals surface area (Å²) < 4.78 is 33.0. The maximum atomic E-state index is 12.5. The average Bonchev–Trinajstić information content (AvgIpc) is 2.96. The van der Waals surface area contributed by atoms with E-state index in [1.54, 1.807) is 20.8 Å². The third-order valence-electron chi connectivity index (χ3n) is 4.06. The van der Waals surface area contributed by atoms with Crippen LogP contribution < -0.4 is 10.0 Å². The van der Waals surface area contributed by atoms with Gasteiger partial charge in [-0.25, -0.2) is 9.52 Å². The number of nitrogens with zero attached hydrogens (tertiary/aromatic N) is 1. The highest BCUT2D eigenvalue weighted by molar-refractivity contribution is 7.87. The maximum absolute atomic E-state index is 12.5. The SMILES string of the molecule is C=C[C@@H]1C[C@]1(NC(=O)OC(C)(C)C)C(=O)NS(=O)(=O)N1CCCC1.CC. The van der Waals surface area contributed by atoms with E-state index >= 15 is 0 Å². The van der Waals surface area contributed by atoms with E-state index in [1.165, 1.54) is 10.4 Å². The molecular weight excluding hydrogens is 358 g/mol. The molecule has 0 aromatic carbocycles. The number of hydrogen-bond acceptors (Lipinski definition) is 5. The highest BCUT2D eigenvalue weighted by Crippen LogP contribution is 2.45. The average molecular weight is 390 g/mol. The largest absolute Gasteiger partial charge is 0.444 e. The van der Waals surface area contributed by atoms with Crippen LogP contribution in [0.1, 0.15) is 53.9 Å². The summed E-state index contributed by atoms with van der Waals surface area (Å²) in [5, 5.41) is 2.51. The first kappa shape index (κ1) is 22.4. The second kappa shape index (κ2) is 8.39. The zero-order valence-electron chi connectivity index (χ0n) is 16.3. The molecule has 2 amide bonds. The van der Waals surface area contributed by atoms with E-state index in [-0.39, 0.29) is 12.3 Å². The van der Waals surface area contributed by atoms with E-state index in [1.807, 2.05) is 13.8 Å². The Kier molecular flexibility index (Phi) is 7.24. The van der Waals surface area contributed by atoms with Crippen molar-refractivity contribution in [2.75, 3.05) is 13.1 Å². The maximum Gasteiger partial charge on any atom is 0.408 e. The van der Waals surface area contributed by atoms with Crippen molar-refractivity contribution in [1.29, 1.82) is 0 Å². The van der Waals surface area contributed by atoms with Crippen LogP contribution in [0.25, 0.3) is 0 Å². The number of alkyl carbamates (subject to hydrolysis) is 1. The van der Waals surface area contributed by atoms with Gasteiger partial charge in [0.1, 0.15) is 11.1 Å². The van der Waals surface area contributed by atoms with Crippen LogP contribution in [0.2, 0.25) is 0 Å². The van der Waals surface area contributed by atoms with Crippen molar-refractivity contribution < 1.29 is 22.7 Å². The fourth-order valence-electron chi connectivity index (χ4n) is 2.72. The van der Waals surface area contributed by atoms with Crippen LogP contribution in [0.15, 0.2) is 12.7 Å². The van der Waals surface area contributed by atoms with Gasteiger partial charge in [0, 0.05) is 19.0 Å². The van der Waals surface area contributed by atoms with Crippen LogP contribution in [0.5, 0.6) is 0 Å². The summed E-state index contributed by atoms with van der Waals surface area (Å²) in [5.74, 6) is -1.09. The Hall–Kier alpha value is -1.61. The van der Waals surface area contributed by atoms with Crippen LogP contribution in [-0.4, -0.2) is 49.0 Å². The lowest BCUT2D eigenvalue weighted by atomic mass is 10.2. The lowest BCUT2D eigenvalue weighted by Gasteiger charge is -2.24. The molecule has 1 aliphatic heterocycles. The molecule has 0 unspecified atom stereocenters. The molecule has 0 aromatic heterocycles. The number of carbonyl (C=O) groups is 2. The molecule has 2 N–H and O–H groups in total. The number of hydrogen-bond donors (Lipinski definition) is 2. The molecule has 0 radical (unpaired) electrons. The molecular formula is C17H31N3O5S. The molecule has 0 spiro atoms. The predicted octanol–water partition coefficient (Wildman–Crippen LogP) is 1.94. The van der Waals surface area contributed by atoms with E-state index in [9.17, 15) is 18.0 Å². The van der Waals surface area contributed by atoms with Gasteiger partial charge in [0.25, 0.3) is 5.91 Å². The fourth-order valence-corrected chi connectivity index (χ4v) is 4.01. The van der Waals surface area contributed by atoms with E-state index in [2.05, 4.69) is 16.6 Å². The summed E-state index contributed by atoms with van der Waals surface area (Å²) in [4.78, 5) is 24.5. The Morgan fingerprint density at radius 3 is 2.19 bits per heavy atom. The van der Waals surface area contributed by atoms with Gasteiger partial charge >= 0.3 is 16.3 Å². The van der Waals surface area contributed by atoms with Crippen LogP contribution in [0, 0.1) is 5.92 Å². The van der Waals surface area contributed by atoms with E-state index in [0.717, 1.165) is 12.8 Å². The second-order valence-corrected chi connectivity index (χ2v) is 8.86. The van der Waals surface area contributed by atoms with Crippen molar-refractivity contribution in [3.8, 4) is 0 Å². The number of carbonyl (C=O) groups excluding carboxylic acids is 2. The summed E-state index contributed by atoms with van der Waals surface area (Å²) in [6, 6.07) is 0. The summed E-state index contributed by atoms with van der Waals surface area (Å²) in [6.45, 7) is 13.5. The van der Waals surface area contributed by atoms with E-state index < -0.39 is 33.3 Å². The Morgan fingerprint density at radius 1 is 1.23 bits per heavy atom. The Bertz CT molecular complexity index is 635. The zero-order valence-corrected chi connectivity index (χ0v) is 17.1. The first-order valence-electron chi connectivity index (χ1n) is 8.96. The topological polar surface area (TPSA) is 105 Å². The van der Waals surface area contributed by atoms with Gasteiger partial charge in [-0.2, -0.15) is 12.7 Å². The second-order valence-electron chi connectivity index (χ2n) is 7.19. The summed E-state index contributed by atoms with van der Waals surface area (Å²) >= 11 is 0. The molecule has 0 aromatic rings. The van der Waals surface area contributed by atoms with Crippen LogP contribution >= 0.6 is 0 Å². The molecule has 2 atom stereocenters. The van der Waals surface area contributed by atoms with Gasteiger partial charge in [-0.3, -0.25) is 4.79 Å². The molecule has 2 rings (SSSR count). The van der Waals surface area contributed by atoms with Gasteiger partial charge in [-0.1, -0.05) is 19.9 Å². The van der Waals surface area contributed by atoms with E-state index in [0.29, 0.717) is 13.1 Å². The normalized spacial score (nSPS) is 25.5.